The number of rotatable bonds is 5. The van der Waals surface area contributed by atoms with Crippen molar-refractivity contribution in [3.63, 3.8) is 0 Å². The van der Waals surface area contributed by atoms with Crippen LogP contribution in [0.4, 0.5) is 4.79 Å². The van der Waals surface area contributed by atoms with Crippen LogP contribution in [-0.2, 0) is 29.0 Å². The van der Waals surface area contributed by atoms with Gasteiger partial charge in [-0.15, -0.1) is 0 Å². The quantitative estimate of drug-likeness (QED) is 0.754. The van der Waals surface area contributed by atoms with E-state index >= 15 is 0 Å². The standard InChI is InChI=1S/C22H24N2O5/c25-13-19-12-24(22(27)29-19)20-9-8-16-10-17(6-7-18(16)11-23-20)21(26)28-14-15-4-2-1-3-5-15/h1-7,10,19-20,23,25H,8-9,11-14H2/t19-,20?/m0/s1. The Kier molecular flexibility index (Phi) is 5.78. The minimum absolute atomic E-state index is 0.167. The number of aryl methyl sites for hydroxylation is 1. The minimum atomic E-state index is -0.471. The number of amides is 1. The Labute approximate surface area is 169 Å². The van der Waals surface area contributed by atoms with Crippen molar-refractivity contribution in [2.75, 3.05) is 13.2 Å². The van der Waals surface area contributed by atoms with Crippen molar-refractivity contribution in [2.24, 2.45) is 0 Å². The topological polar surface area (TPSA) is 88.1 Å². The summed E-state index contributed by atoms with van der Waals surface area (Å²) in [6.45, 7) is 1.03. The molecule has 2 aliphatic rings. The van der Waals surface area contributed by atoms with Gasteiger partial charge in [0.1, 0.15) is 12.7 Å². The lowest BCUT2D eigenvalue weighted by Crippen LogP contribution is -2.45. The molecule has 1 fully saturated rings. The number of fused-ring (bicyclic) bond motifs is 1. The average Bonchev–Trinajstić information content (AvgIpc) is 3.00. The Morgan fingerprint density at radius 3 is 2.79 bits per heavy atom. The Balaban J connectivity index is 1.40. The largest absolute Gasteiger partial charge is 0.457 e. The van der Waals surface area contributed by atoms with Crippen molar-refractivity contribution >= 4 is 12.1 Å². The molecule has 2 aromatic carbocycles. The first-order valence-electron chi connectivity index (χ1n) is 9.78. The molecule has 2 aliphatic heterocycles. The number of hydrogen-bond donors (Lipinski definition) is 2. The number of aliphatic hydroxyl groups is 1. The predicted octanol–water partition coefficient (Wildman–Crippen LogP) is 2.22. The number of carbonyl (C=O) groups is 2. The summed E-state index contributed by atoms with van der Waals surface area (Å²) in [4.78, 5) is 26.1. The van der Waals surface area contributed by atoms with Crippen molar-refractivity contribution in [3.05, 3.63) is 70.8 Å². The molecular weight excluding hydrogens is 372 g/mol. The Hall–Kier alpha value is -2.90. The van der Waals surface area contributed by atoms with Gasteiger partial charge in [0.15, 0.2) is 0 Å². The molecule has 0 spiro atoms. The van der Waals surface area contributed by atoms with Crippen molar-refractivity contribution < 1.29 is 24.2 Å². The lowest BCUT2D eigenvalue weighted by Gasteiger charge is -2.25. The maximum Gasteiger partial charge on any atom is 0.411 e. The van der Waals surface area contributed by atoms with Gasteiger partial charge in [-0.05, 0) is 41.7 Å². The van der Waals surface area contributed by atoms with Crippen LogP contribution >= 0.6 is 0 Å². The molecule has 0 aromatic heterocycles. The van der Waals surface area contributed by atoms with Crippen LogP contribution in [0.25, 0.3) is 0 Å². The monoisotopic (exact) mass is 396 g/mol. The fraction of sp³-hybridized carbons (Fsp3) is 0.364. The van der Waals surface area contributed by atoms with Gasteiger partial charge in [-0.3, -0.25) is 10.2 Å². The van der Waals surface area contributed by atoms with Gasteiger partial charge in [-0.1, -0.05) is 36.4 Å². The van der Waals surface area contributed by atoms with Crippen molar-refractivity contribution in [1.29, 1.82) is 0 Å². The minimum Gasteiger partial charge on any atom is -0.457 e. The third-order valence-electron chi connectivity index (χ3n) is 5.35. The highest BCUT2D eigenvalue weighted by Gasteiger charge is 2.36. The van der Waals surface area contributed by atoms with Gasteiger partial charge < -0.3 is 14.6 Å². The maximum absolute atomic E-state index is 12.4. The van der Waals surface area contributed by atoms with Crippen LogP contribution in [0, 0.1) is 0 Å². The van der Waals surface area contributed by atoms with E-state index in [9.17, 15) is 14.7 Å². The molecule has 0 radical (unpaired) electrons. The van der Waals surface area contributed by atoms with E-state index in [4.69, 9.17) is 9.47 Å². The van der Waals surface area contributed by atoms with Crippen LogP contribution < -0.4 is 5.32 Å². The van der Waals surface area contributed by atoms with Gasteiger partial charge in [0.2, 0.25) is 0 Å². The van der Waals surface area contributed by atoms with Gasteiger partial charge >= 0.3 is 12.1 Å². The van der Waals surface area contributed by atoms with Gasteiger partial charge in [-0.2, -0.15) is 0 Å². The van der Waals surface area contributed by atoms with E-state index in [1.54, 1.807) is 11.0 Å². The zero-order valence-electron chi connectivity index (χ0n) is 16.0. The summed E-state index contributed by atoms with van der Waals surface area (Å²) >= 11 is 0. The van der Waals surface area contributed by atoms with Crippen LogP contribution in [0.3, 0.4) is 0 Å². The molecule has 1 saturated heterocycles. The molecule has 1 amide bonds. The smallest absolute Gasteiger partial charge is 0.411 e. The van der Waals surface area contributed by atoms with E-state index in [-0.39, 0.29) is 25.3 Å². The summed E-state index contributed by atoms with van der Waals surface area (Å²) in [5.41, 5.74) is 3.64. The number of nitrogens with one attached hydrogen (secondary N) is 1. The maximum atomic E-state index is 12.4. The molecule has 2 N–H and O–H groups in total. The highest BCUT2D eigenvalue weighted by molar-refractivity contribution is 5.89. The van der Waals surface area contributed by atoms with Crippen molar-refractivity contribution in [2.45, 2.75) is 38.3 Å². The number of ether oxygens (including phenoxy) is 2. The molecule has 2 heterocycles. The van der Waals surface area contributed by atoms with Gasteiger partial charge in [0.25, 0.3) is 0 Å². The zero-order chi connectivity index (χ0) is 20.2. The van der Waals surface area contributed by atoms with Crippen LogP contribution in [0.2, 0.25) is 0 Å². The number of nitrogens with zero attached hydrogens (tertiary/aromatic N) is 1. The molecule has 0 bridgehead atoms. The van der Waals surface area contributed by atoms with Gasteiger partial charge in [-0.25, -0.2) is 9.59 Å². The van der Waals surface area contributed by atoms with Crippen LogP contribution in [-0.4, -0.2) is 47.5 Å². The normalized spacial score (nSPS) is 21.3. The number of aliphatic hydroxyl groups excluding tert-OH is 1. The predicted molar refractivity (Wildman–Crippen MR) is 105 cm³/mol. The SMILES string of the molecule is O=C(OCc1ccccc1)c1ccc2c(c1)CCC(N1C[C@@H](CO)OC1=O)NC2. The Bertz CT molecular complexity index is 886. The third-order valence-corrected chi connectivity index (χ3v) is 5.35. The van der Waals surface area contributed by atoms with E-state index < -0.39 is 12.2 Å². The first kappa shape index (κ1) is 19.4. The highest BCUT2D eigenvalue weighted by atomic mass is 16.6. The summed E-state index contributed by atoms with van der Waals surface area (Å²) in [5.74, 6) is -0.348. The second-order valence-corrected chi connectivity index (χ2v) is 7.32. The molecule has 1 unspecified atom stereocenters. The van der Waals surface area contributed by atoms with E-state index in [2.05, 4.69) is 5.32 Å². The molecule has 7 heteroatoms. The molecule has 4 rings (SSSR count). The number of carbonyl (C=O) groups excluding carboxylic acids is 2. The van der Waals surface area contributed by atoms with Gasteiger partial charge in [0, 0.05) is 6.54 Å². The molecule has 0 aliphatic carbocycles. The molecule has 2 aromatic rings. The molecular formula is C22H24N2O5. The lowest BCUT2D eigenvalue weighted by atomic mass is 10.0. The summed E-state index contributed by atoms with van der Waals surface area (Å²) in [5, 5.41) is 12.6. The average molecular weight is 396 g/mol. The lowest BCUT2D eigenvalue weighted by molar-refractivity contribution is 0.0472. The number of benzene rings is 2. The number of hydrogen-bond acceptors (Lipinski definition) is 6. The molecule has 29 heavy (non-hydrogen) atoms. The summed E-state index contributed by atoms with van der Waals surface area (Å²) in [6, 6.07) is 15.2. The second kappa shape index (κ2) is 8.63. The fourth-order valence-electron chi connectivity index (χ4n) is 3.74. The Morgan fingerprint density at radius 2 is 2.03 bits per heavy atom. The Morgan fingerprint density at radius 1 is 1.21 bits per heavy atom. The van der Waals surface area contributed by atoms with Gasteiger partial charge in [0.05, 0.1) is 24.9 Å². The first-order valence-corrected chi connectivity index (χ1v) is 9.78. The van der Waals surface area contributed by atoms with E-state index in [0.717, 1.165) is 23.1 Å². The molecule has 2 atom stereocenters. The van der Waals surface area contributed by atoms with E-state index in [1.807, 2.05) is 42.5 Å². The first-order chi connectivity index (χ1) is 14.1. The summed E-state index contributed by atoms with van der Waals surface area (Å²) in [7, 11) is 0. The number of esters is 1. The summed E-state index contributed by atoms with van der Waals surface area (Å²) < 4.78 is 10.6. The molecule has 152 valence electrons. The van der Waals surface area contributed by atoms with Crippen LogP contribution in [0.1, 0.15) is 33.5 Å². The highest BCUT2D eigenvalue weighted by Crippen LogP contribution is 2.23. The van der Waals surface area contributed by atoms with Crippen LogP contribution in [0.15, 0.2) is 48.5 Å². The van der Waals surface area contributed by atoms with Crippen molar-refractivity contribution in [3.8, 4) is 0 Å². The third kappa shape index (κ3) is 4.41. The fourth-order valence-corrected chi connectivity index (χ4v) is 3.74. The van der Waals surface area contributed by atoms with E-state index in [1.165, 1.54) is 0 Å². The van der Waals surface area contributed by atoms with Crippen molar-refractivity contribution in [1.82, 2.24) is 10.2 Å². The second-order valence-electron chi connectivity index (χ2n) is 7.32. The molecule has 7 nitrogen and oxygen atoms in total. The zero-order valence-corrected chi connectivity index (χ0v) is 16.0. The van der Waals surface area contributed by atoms with Crippen LogP contribution in [0.5, 0.6) is 0 Å². The van der Waals surface area contributed by atoms with E-state index in [0.29, 0.717) is 25.1 Å². The number of cyclic esters (lactones) is 1. The summed E-state index contributed by atoms with van der Waals surface area (Å²) in [6.07, 6.45) is 0.377. The molecule has 0 saturated carbocycles.